The van der Waals surface area contributed by atoms with Gasteiger partial charge < -0.3 is 9.84 Å². The van der Waals surface area contributed by atoms with Crippen LogP contribution in [-0.4, -0.2) is 33.2 Å². The number of nitrogens with zero attached hydrogens (tertiary/aromatic N) is 3. The summed E-state index contributed by atoms with van der Waals surface area (Å²) in [7, 11) is 1.54. The first-order valence-electron chi connectivity index (χ1n) is 6.03. The second-order valence-electron chi connectivity index (χ2n) is 4.33. The fourth-order valence-corrected chi connectivity index (χ4v) is 2.29. The van der Waals surface area contributed by atoms with Crippen LogP contribution < -0.4 is 4.74 Å². The van der Waals surface area contributed by atoms with Crippen LogP contribution in [0, 0.1) is 0 Å². The number of fused-ring (bicyclic) bond motifs is 1. The molecule has 21 heavy (non-hydrogen) atoms. The van der Waals surface area contributed by atoms with Crippen molar-refractivity contribution in [2.75, 3.05) is 7.11 Å². The van der Waals surface area contributed by atoms with E-state index in [0.29, 0.717) is 27.5 Å². The summed E-state index contributed by atoms with van der Waals surface area (Å²) in [5.41, 5.74) is 2.08. The monoisotopic (exact) mass is 303 g/mol. The maximum absolute atomic E-state index is 11.0. The quantitative estimate of drug-likeness (QED) is 0.805. The minimum absolute atomic E-state index is 0.169. The number of halogens is 1. The number of carboxylic acids is 1. The van der Waals surface area contributed by atoms with Crippen LogP contribution in [0.5, 0.6) is 5.75 Å². The maximum atomic E-state index is 11.0. The van der Waals surface area contributed by atoms with Gasteiger partial charge in [-0.25, -0.2) is 9.48 Å². The number of rotatable bonds is 3. The van der Waals surface area contributed by atoms with Crippen LogP contribution in [0.1, 0.15) is 10.4 Å². The van der Waals surface area contributed by atoms with E-state index in [-0.39, 0.29) is 5.56 Å². The lowest BCUT2D eigenvalue weighted by atomic mass is 10.2. The highest BCUT2D eigenvalue weighted by Gasteiger charge is 2.11. The normalized spacial score (nSPS) is 10.8. The van der Waals surface area contributed by atoms with E-state index in [2.05, 4.69) is 10.3 Å². The van der Waals surface area contributed by atoms with Crippen LogP contribution in [0.2, 0.25) is 5.02 Å². The van der Waals surface area contributed by atoms with Crippen molar-refractivity contribution in [3.8, 4) is 11.4 Å². The number of carboxylic acid groups (broad SMARTS) is 1. The second-order valence-corrected chi connectivity index (χ2v) is 4.74. The summed E-state index contributed by atoms with van der Waals surface area (Å²) in [6.45, 7) is 0. The average Bonchev–Trinajstić information content (AvgIpc) is 2.90. The van der Waals surface area contributed by atoms with Crippen molar-refractivity contribution in [2.45, 2.75) is 0 Å². The lowest BCUT2D eigenvalue weighted by molar-refractivity contribution is 0.0697. The number of ether oxygens (including phenoxy) is 1. The van der Waals surface area contributed by atoms with E-state index in [9.17, 15) is 4.79 Å². The Labute approximate surface area is 124 Å². The average molecular weight is 304 g/mol. The topological polar surface area (TPSA) is 77.2 Å². The third-order valence-corrected chi connectivity index (χ3v) is 3.37. The number of aromatic carboxylic acids is 1. The van der Waals surface area contributed by atoms with Gasteiger partial charge in [-0.3, -0.25) is 0 Å². The van der Waals surface area contributed by atoms with Crippen LogP contribution in [-0.2, 0) is 0 Å². The Kier molecular flexibility index (Phi) is 3.23. The van der Waals surface area contributed by atoms with Gasteiger partial charge in [-0.15, -0.1) is 5.10 Å². The minimum Gasteiger partial charge on any atom is -0.495 e. The molecule has 106 valence electrons. The number of carbonyl (C=O) groups is 1. The maximum Gasteiger partial charge on any atom is 0.335 e. The molecule has 0 amide bonds. The molecule has 7 heteroatoms. The molecule has 0 saturated carbocycles. The van der Waals surface area contributed by atoms with Crippen molar-refractivity contribution in [1.82, 2.24) is 15.0 Å². The highest BCUT2D eigenvalue weighted by molar-refractivity contribution is 6.32. The van der Waals surface area contributed by atoms with E-state index in [1.54, 1.807) is 36.1 Å². The first kappa shape index (κ1) is 13.4. The van der Waals surface area contributed by atoms with Gasteiger partial charge in [-0.05, 0) is 36.4 Å². The summed E-state index contributed by atoms with van der Waals surface area (Å²) < 4.78 is 6.69. The molecule has 0 aliphatic carbocycles. The summed E-state index contributed by atoms with van der Waals surface area (Å²) in [5, 5.41) is 17.5. The molecule has 0 bridgehead atoms. The summed E-state index contributed by atoms with van der Waals surface area (Å²) in [6.07, 6.45) is 0. The molecule has 0 spiro atoms. The molecule has 0 aliphatic heterocycles. The molecule has 1 heterocycles. The van der Waals surface area contributed by atoms with Gasteiger partial charge in [0.2, 0.25) is 0 Å². The molecule has 0 saturated heterocycles. The summed E-state index contributed by atoms with van der Waals surface area (Å²) >= 11 is 6.10. The van der Waals surface area contributed by atoms with E-state index in [0.717, 1.165) is 0 Å². The highest BCUT2D eigenvalue weighted by atomic mass is 35.5. The third kappa shape index (κ3) is 2.30. The predicted molar refractivity (Wildman–Crippen MR) is 77.4 cm³/mol. The molecule has 0 radical (unpaired) electrons. The lowest BCUT2D eigenvalue weighted by Crippen LogP contribution is -1.98. The van der Waals surface area contributed by atoms with E-state index in [1.165, 1.54) is 12.1 Å². The molecule has 1 aromatic heterocycles. The van der Waals surface area contributed by atoms with Gasteiger partial charge in [0.1, 0.15) is 11.3 Å². The van der Waals surface area contributed by atoms with Crippen molar-refractivity contribution < 1.29 is 14.6 Å². The molecule has 2 aromatic carbocycles. The fraction of sp³-hybridized carbons (Fsp3) is 0.0714. The summed E-state index contributed by atoms with van der Waals surface area (Å²) in [4.78, 5) is 11.0. The third-order valence-electron chi connectivity index (χ3n) is 3.07. The van der Waals surface area contributed by atoms with Gasteiger partial charge in [-0.2, -0.15) is 0 Å². The smallest absolute Gasteiger partial charge is 0.335 e. The first-order valence-corrected chi connectivity index (χ1v) is 6.40. The van der Waals surface area contributed by atoms with Gasteiger partial charge >= 0.3 is 5.97 Å². The Morgan fingerprint density at radius 3 is 2.76 bits per heavy atom. The van der Waals surface area contributed by atoms with Gasteiger partial charge in [-0.1, -0.05) is 16.8 Å². The molecule has 1 N–H and O–H groups in total. The van der Waals surface area contributed by atoms with Crippen molar-refractivity contribution in [1.29, 1.82) is 0 Å². The van der Waals surface area contributed by atoms with Crippen LogP contribution in [0.15, 0.2) is 36.4 Å². The van der Waals surface area contributed by atoms with Gasteiger partial charge in [0, 0.05) is 0 Å². The Bertz CT molecular complexity index is 845. The number of hydrogen-bond donors (Lipinski definition) is 1. The number of hydrogen-bond acceptors (Lipinski definition) is 4. The fourth-order valence-electron chi connectivity index (χ4n) is 2.03. The van der Waals surface area contributed by atoms with Crippen LogP contribution in [0.4, 0.5) is 0 Å². The molecule has 0 fully saturated rings. The molecule has 0 aliphatic rings. The number of methoxy groups -OCH3 is 1. The SMILES string of the molecule is COc1ccc(-n2nnc3cc(C(=O)O)ccc32)cc1Cl. The Morgan fingerprint density at radius 2 is 2.10 bits per heavy atom. The Morgan fingerprint density at radius 1 is 1.29 bits per heavy atom. The van der Waals surface area contributed by atoms with Crippen LogP contribution >= 0.6 is 11.6 Å². The van der Waals surface area contributed by atoms with E-state index in [1.807, 2.05) is 0 Å². The Hall–Kier alpha value is -2.60. The van der Waals surface area contributed by atoms with Crippen molar-refractivity contribution in [2.24, 2.45) is 0 Å². The minimum atomic E-state index is -1.00. The van der Waals surface area contributed by atoms with E-state index >= 15 is 0 Å². The molecule has 3 aromatic rings. The zero-order valence-corrected chi connectivity index (χ0v) is 11.7. The first-order chi connectivity index (χ1) is 10.1. The van der Waals surface area contributed by atoms with E-state index in [4.69, 9.17) is 21.4 Å². The van der Waals surface area contributed by atoms with Crippen LogP contribution in [0.3, 0.4) is 0 Å². The van der Waals surface area contributed by atoms with Crippen molar-refractivity contribution >= 4 is 28.6 Å². The van der Waals surface area contributed by atoms with E-state index < -0.39 is 5.97 Å². The molecule has 6 nitrogen and oxygen atoms in total. The molecular formula is C14H10ClN3O3. The van der Waals surface area contributed by atoms with Gasteiger partial charge in [0.25, 0.3) is 0 Å². The second kappa shape index (κ2) is 5.06. The molecular weight excluding hydrogens is 294 g/mol. The Balaban J connectivity index is 2.13. The molecule has 0 atom stereocenters. The molecule has 3 rings (SSSR count). The highest BCUT2D eigenvalue weighted by Crippen LogP contribution is 2.27. The van der Waals surface area contributed by atoms with Crippen molar-refractivity contribution in [3.63, 3.8) is 0 Å². The summed E-state index contributed by atoms with van der Waals surface area (Å²) in [5.74, 6) is -0.433. The molecule has 0 unspecified atom stereocenters. The van der Waals surface area contributed by atoms with Gasteiger partial charge in [0.15, 0.2) is 0 Å². The standard InChI is InChI=1S/C14H10ClN3O3/c1-21-13-5-3-9(7-10(13)15)18-12-4-2-8(14(19)20)6-11(12)16-17-18/h2-7H,1H3,(H,19,20). The van der Waals surface area contributed by atoms with Crippen molar-refractivity contribution in [3.05, 3.63) is 47.0 Å². The van der Waals surface area contributed by atoms with Crippen LogP contribution in [0.25, 0.3) is 16.7 Å². The number of benzene rings is 2. The number of aromatic nitrogens is 3. The zero-order chi connectivity index (χ0) is 15.0. The summed E-state index contributed by atoms with van der Waals surface area (Å²) in [6, 6.07) is 9.89. The largest absolute Gasteiger partial charge is 0.495 e. The predicted octanol–water partition coefficient (Wildman–Crippen LogP) is 2.78. The van der Waals surface area contributed by atoms with Gasteiger partial charge in [0.05, 0.1) is 28.9 Å². The zero-order valence-electron chi connectivity index (χ0n) is 10.9. The lowest BCUT2D eigenvalue weighted by Gasteiger charge is -2.06.